The molecule has 0 spiro atoms. The number of nitrogens with zero attached hydrogens (tertiary/aromatic N) is 2. The molecule has 8 heteroatoms. The van der Waals surface area contributed by atoms with E-state index in [2.05, 4.69) is 15.6 Å². The molecule has 1 saturated heterocycles. The molecule has 2 heterocycles. The number of para-hydroxylation sites is 3. The van der Waals surface area contributed by atoms with E-state index in [1.54, 1.807) is 12.1 Å². The van der Waals surface area contributed by atoms with E-state index in [1.807, 2.05) is 28.8 Å². The molecule has 2 aromatic carbocycles. The molecule has 2 N–H and O–H groups in total. The SMILES string of the molecule is O=C(Cn1c(CCCNC(=O)C2CCCO2)nc2ccccc21)Nc1ccccc1F. The first kappa shape index (κ1) is 21.0. The summed E-state index contributed by atoms with van der Waals surface area (Å²) in [5.41, 5.74) is 1.78. The molecule has 4 rings (SSSR count). The predicted molar refractivity (Wildman–Crippen MR) is 115 cm³/mol. The lowest BCUT2D eigenvalue weighted by molar-refractivity contribution is -0.130. The first-order valence-corrected chi connectivity index (χ1v) is 10.5. The number of benzene rings is 2. The molecule has 0 saturated carbocycles. The summed E-state index contributed by atoms with van der Waals surface area (Å²) in [6, 6.07) is 13.7. The zero-order valence-corrected chi connectivity index (χ0v) is 17.1. The van der Waals surface area contributed by atoms with Gasteiger partial charge < -0.3 is 19.9 Å². The van der Waals surface area contributed by atoms with Gasteiger partial charge in [0.05, 0.1) is 16.7 Å². The van der Waals surface area contributed by atoms with Gasteiger partial charge in [-0.1, -0.05) is 24.3 Å². The summed E-state index contributed by atoms with van der Waals surface area (Å²) in [5, 5.41) is 5.53. The van der Waals surface area contributed by atoms with Crippen LogP contribution in [0.1, 0.15) is 25.1 Å². The zero-order valence-electron chi connectivity index (χ0n) is 17.1. The number of imidazole rings is 1. The number of ether oxygens (including phenoxy) is 1. The van der Waals surface area contributed by atoms with E-state index in [9.17, 15) is 14.0 Å². The van der Waals surface area contributed by atoms with Gasteiger partial charge in [0.1, 0.15) is 24.3 Å². The van der Waals surface area contributed by atoms with Crippen LogP contribution in [-0.2, 0) is 27.3 Å². The van der Waals surface area contributed by atoms with Gasteiger partial charge in [-0.15, -0.1) is 0 Å². The first-order valence-electron chi connectivity index (χ1n) is 10.5. The summed E-state index contributed by atoms with van der Waals surface area (Å²) in [6.07, 6.45) is 2.60. The van der Waals surface area contributed by atoms with Crippen molar-refractivity contribution in [3.63, 3.8) is 0 Å². The molecule has 1 atom stereocenters. The number of hydrogen-bond acceptors (Lipinski definition) is 4. The summed E-state index contributed by atoms with van der Waals surface area (Å²) in [5.74, 6) is -0.138. The van der Waals surface area contributed by atoms with E-state index in [-0.39, 0.29) is 30.2 Å². The van der Waals surface area contributed by atoms with Gasteiger partial charge >= 0.3 is 0 Å². The third-order valence-corrected chi connectivity index (χ3v) is 5.28. The number of aryl methyl sites for hydroxylation is 1. The van der Waals surface area contributed by atoms with Crippen molar-refractivity contribution < 1.29 is 18.7 Å². The summed E-state index contributed by atoms with van der Waals surface area (Å²) >= 11 is 0. The number of carbonyl (C=O) groups excluding carboxylic acids is 2. The molecule has 0 bridgehead atoms. The standard InChI is InChI=1S/C23H25FN4O3/c24-16-7-1-2-8-17(16)27-22(29)15-28-19-10-4-3-9-18(19)26-21(28)12-5-13-25-23(30)20-11-6-14-31-20/h1-4,7-10,20H,5-6,11-15H2,(H,25,30)(H,27,29). The summed E-state index contributed by atoms with van der Waals surface area (Å²) in [6.45, 7) is 1.16. The van der Waals surface area contributed by atoms with Crippen LogP contribution in [0.15, 0.2) is 48.5 Å². The van der Waals surface area contributed by atoms with Gasteiger partial charge in [0.15, 0.2) is 0 Å². The van der Waals surface area contributed by atoms with Crippen LogP contribution in [0.5, 0.6) is 0 Å². The lowest BCUT2D eigenvalue weighted by Crippen LogP contribution is -2.34. The summed E-state index contributed by atoms with van der Waals surface area (Å²) in [7, 11) is 0. The summed E-state index contributed by atoms with van der Waals surface area (Å²) < 4.78 is 21.1. The fourth-order valence-corrected chi connectivity index (χ4v) is 3.74. The van der Waals surface area contributed by atoms with E-state index in [0.29, 0.717) is 26.0 Å². The number of hydrogen-bond donors (Lipinski definition) is 2. The van der Waals surface area contributed by atoms with Crippen LogP contribution >= 0.6 is 0 Å². The number of amides is 2. The molecule has 1 aliphatic heterocycles. The molecule has 0 radical (unpaired) electrons. The normalized spacial score (nSPS) is 15.8. The largest absolute Gasteiger partial charge is 0.368 e. The Balaban J connectivity index is 1.41. The van der Waals surface area contributed by atoms with Crippen molar-refractivity contribution in [1.29, 1.82) is 0 Å². The van der Waals surface area contributed by atoms with Gasteiger partial charge in [-0.2, -0.15) is 0 Å². The smallest absolute Gasteiger partial charge is 0.249 e. The van der Waals surface area contributed by atoms with Crippen LogP contribution in [-0.4, -0.2) is 40.6 Å². The topological polar surface area (TPSA) is 85.2 Å². The van der Waals surface area contributed by atoms with Crippen LogP contribution in [0, 0.1) is 5.82 Å². The second kappa shape index (κ2) is 9.70. The third-order valence-electron chi connectivity index (χ3n) is 5.28. The van der Waals surface area contributed by atoms with Crippen molar-refractivity contribution in [2.24, 2.45) is 0 Å². The van der Waals surface area contributed by atoms with Crippen LogP contribution in [0.4, 0.5) is 10.1 Å². The summed E-state index contributed by atoms with van der Waals surface area (Å²) in [4.78, 5) is 29.3. The number of fused-ring (bicyclic) bond motifs is 1. The average Bonchev–Trinajstić information content (AvgIpc) is 3.42. The molecule has 1 aliphatic rings. The van der Waals surface area contributed by atoms with Crippen molar-refractivity contribution in [3.05, 3.63) is 60.2 Å². The molecule has 7 nitrogen and oxygen atoms in total. The molecule has 31 heavy (non-hydrogen) atoms. The van der Waals surface area contributed by atoms with Crippen molar-refractivity contribution in [1.82, 2.24) is 14.9 Å². The minimum absolute atomic E-state index is 0.0203. The lowest BCUT2D eigenvalue weighted by atomic mass is 10.2. The highest BCUT2D eigenvalue weighted by Gasteiger charge is 2.23. The van der Waals surface area contributed by atoms with Gasteiger partial charge in [-0.25, -0.2) is 9.37 Å². The second-order valence-corrected chi connectivity index (χ2v) is 7.53. The predicted octanol–water partition coefficient (Wildman–Crippen LogP) is 3.04. The number of halogens is 1. The van der Waals surface area contributed by atoms with Crippen LogP contribution < -0.4 is 10.6 Å². The van der Waals surface area contributed by atoms with E-state index < -0.39 is 5.82 Å². The van der Waals surface area contributed by atoms with Crippen molar-refractivity contribution >= 4 is 28.5 Å². The molecule has 2 amide bonds. The number of carbonyl (C=O) groups is 2. The Kier molecular flexibility index (Phi) is 6.57. The van der Waals surface area contributed by atoms with Gasteiger partial charge in [0, 0.05) is 19.6 Å². The molecular formula is C23H25FN4O3. The molecule has 3 aromatic rings. The molecule has 1 aromatic heterocycles. The lowest BCUT2D eigenvalue weighted by Gasteiger charge is -2.12. The van der Waals surface area contributed by atoms with Gasteiger partial charge in [-0.3, -0.25) is 9.59 Å². The number of nitrogens with one attached hydrogen (secondary N) is 2. The van der Waals surface area contributed by atoms with Gasteiger partial charge in [0.25, 0.3) is 0 Å². The Morgan fingerprint density at radius 2 is 1.97 bits per heavy atom. The Labute approximate surface area is 179 Å². The second-order valence-electron chi connectivity index (χ2n) is 7.53. The number of anilines is 1. The van der Waals surface area contributed by atoms with Gasteiger partial charge in [-0.05, 0) is 43.5 Å². The van der Waals surface area contributed by atoms with Crippen molar-refractivity contribution in [2.75, 3.05) is 18.5 Å². The minimum atomic E-state index is -0.478. The van der Waals surface area contributed by atoms with Gasteiger partial charge in [0.2, 0.25) is 11.8 Å². The van der Waals surface area contributed by atoms with E-state index >= 15 is 0 Å². The zero-order chi connectivity index (χ0) is 21.6. The quantitative estimate of drug-likeness (QED) is 0.545. The Morgan fingerprint density at radius 1 is 1.16 bits per heavy atom. The fraction of sp³-hybridized carbons (Fsp3) is 0.348. The maximum atomic E-state index is 13.9. The highest BCUT2D eigenvalue weighted by molar-refractivity contribution is 5.91. The Hall–Kier alpha value is -3.26. The minimum Gasteiger partial charge on any atom is -0.368 e. The van der Waals surface area contributed by atoms with E-state index in [1.165, 1.54) is 12.1 Å². The van der Waals surface area contributed by atoms with Crippen LogP contribution in [0.3, 0.4) is 0 Å². The molecule has 1 unspecified atom stereocenters. The monoisotopic (exact) mass is 424 g/mol. The highest BCUT2D eigenvalue weighted by Crippen LogP contribution is 2.18. The molecular weight excluding hydrogens is 399 g/mol. The fourth-order valence-electron chi connectivity index (χ4n) is 3.74. The maximum Gasteiger partial charge on any atom is 0.249 e. The molecule has 1 fully saturated rings. The highest BCUT2D eigenvalue weighted by atomic mass is 19.1. The maximum absolute atomic E-state index is 13.9. The number of aromatic nitrogens is 2. The van der Waals surface area contributed by atoms with Crippen LogP contribution in [0.25, 0.3) is 11.0 Å². The average molecular weight is 424 g/mol. The third kappa shape index (κ3) is 5.08. The molecule has 0 aliphatic carbocycles. The van der Waals surface area contributed by atoms with E-state index in [0.717, 1.165) is 29.7 Å². The van der Waals surface area contributed by atoms with Crippen LogP contribution in [0.2, 0.25) is 0 Å². The Bertz CT molecular complexity index is 1080. The van der Waals surface area contributed by atoms with Crippen molar-refractivity contribution in [2.45, 2.75) is 38.3 Å². The van der Waals surface area contributed by atoms with Crippen molar-refractivity contribution in [3.8, 4) is 0 Å². The number of rotatable bonds is 8. The first-order chi connectivity index (χ1) is 15.1. The molecule has 162 valence electrons. The van der Waals surface area contributed by atoms with E-state index in [4.69, 9.17) is 4.74 Å². The Morgan fingerprint density at radius 3 is 2.77 bits per heavy atom.